The van der Waals surface area contributed by atoms with Crippen LogP contribution in [0.15, 0.2) is 45.3 Å². The van der Waals surface area contributed by atoms with Gasteiger partial charge in [-0.25, -0.2) is 8.42 Å². The van der Waals surface area contributed by atoms with Gasteiger partial charge in [-0.2, -0.15) is 0 Å². The minimum Gasteiger partial charge on any atom is -0.454 e. The maximum absolute atomic E-state index is 12.8. The van der Waals surface area contributed by atoms with Gasteiger partial charge in [-0.3, -0.25) is 9.52 Å². The van der Waals surface area contributed by atoms with Gasteiger partial charge in [0.15, 0.2) is 23.1 Å². The van der Waals surface area contributed by atoms with Crippen LogP contribution in [0.2, 0.25) is 0 Å². The molecule has 0 aliphatic carbocycles. The number of nitrogens with zero attached hydrogens (tertiary/aromatic N) is 1. The SMILES string of the molecule is Cc1cc2c(cc1CC(=O)c1sccc1S(=O)(=O)Nc1ccon1)OCO2.[Na]. The Labute approximate surface area is 187 Å². The second-order valence-electron chi connectivity index (χ2n) is 5.84. The van der Waals surface area contributed by atoms with E-state index >= 15 is 0 Å². The fourth-order valence-electron chi connectivity index (χ4n) is 2.70. The summed E-state index contributed by atoms with van der Waals surface area (Å²) in [4.78, 5) is 12.9. The third kappa shape index (κ3) is 4.11. The van der Waals surface area contributed by atoms with E-state index in [4.69, 9.17) is 9.47 Å². The molecule has 0 saturated heterocycles. The molecule has 0 unspecified atom stereocenters. The van der Waals surface area contributed by atoms with Crippen LogP contribution >= 0.6 is 11.3 Å². The summed E-state index contributed by atoms with van der Waals surface area (Å²) < 4.78 is 42.7. The summed E-state index contributed by atoms with van der Waals surface area (Å²) in [5.74, 6) is 0.966. The zero-order valence-corrected chi connectivity index (χ0v) is 18.7. The number of aromatic nitrogens is 1. The monoisotopic (exact) mass is 429 g/mol. The molecule has 2 aromatic heterocycles. The van der Waals surface area contributed by atoms with Crippen molar-refractivity contribution >= 4 is 62.5 Å². The van der Waals surface area contributed by atoms with Gasteiger partial charge < -0.3 is 14.0 Å². The van der Waals surface area contributed by atoms with Crippen LogP contribution < -0.4 is 14.2 Å². The van der Waals surface area contributed by atoms with Crippen molar-refractivity contribution in [1.82, 2.24) is 5.16 Å². The van der Waals surface area contributed by atoms with Gasteiger partial charge in [0.05, 0.1) is 4.88 Å². The van der Waals surface area contributed by atoms with Gasteiger partial charge in [-0.05, 0) is 41.6 Å². The minimum absolute atomic E-state index is 0. The number of ketones is 1. The molecule has 1 radical (unpaired) electrons. The number of carbonyl (C=O) groups is 1. The Kier molecular flexibility index (Phi) is 6.15. The van der Waals surface area contributed by atoms with Crippen LogP contribution in [0.3, 0.4) is 0 Å². The molecular weight excluding hydrogens is 415 g/mol. The third-order valence-electron chi connectivity index (χ3n) is 4.03. The molecule has 0 saturated carbocycles. The number of sulfonamides is 1. The summed E-state index contributed by atoms with van der Waals surface area (Å²) >= 11 is 1.08. The molecule has 8 nitrogen and oxygen atoms in total. The molecular formula is C17H14N2NaO6S2. The number of benzene rings is 1. The second kappa shape index (κ2) is 8.26. The van der Waals surface area contributed by atoms with E-state index in [1.165, 1.54) is 18.4 Å². The largest absolute Gasteiger partial charge is 0.454 e. The number of nitrogens with one attached hydrogen (secondary N) is 1. The number of aryl methyl sites for hydroxylation is 1. The quantitative estimate of drug-likeness (QED) is 0.474. The van der Waals surface area contributed by atoms with Gasteiger partial charge in [0.2, 0.25) is 6.79 Å². The average molecular weight is 429 g/mol. The normalized spacial score (nSPS) is 12.5. The van der Waals surface area contributed by atoms with Crippen molar-refractivity contribution < 1.29 is 27.2 Å². The van der Waals surface area contributed by atoms with Crippen LogP contribution in [-0.2, 0) is 16.4 Å². The summed E-state index contributed by atoms with van der Waals surface area (Å²) in [6.07, 6.45) is 1.30. The third-order valence-corrected chi connectivity index (χ3v) is 6.51. The Morgan fingerprint density at radius 1 is 1.25 bits per heavy atom. The van der Waals surface area contributed by atoms with E-state index in [1.54, 1.807) is 11.4 Å². The number of thiophene rings is 1. The molecule has 0 amide bonds. The van der Waals surface area contributed by atoms with Gasteiger partial charge in [0.1, 0.15) is 11.2 Å². The van der Waals surface area contributed by atoms with E-state index in [0.29, 0.717) is 11.5 Å². The van der Waals surface area contributed by atoms with E-state index in [2.05, 4.69) is 14.4 Å². The molecule has 28 heavy (non-hydrogen) atoms. The molecule has 0 bridgehead atoms. The summed E-state index contributed by atoms with van der Waals surface area (Å²) in [6.45, 7) is 2.01. The average Bonchev–Trinajstić information content (AvgIpc) is 3.35. The number of hydrogen-bond acceptors (Lipinski definition) is 8. The van der Waals surface area contributed by atoms with Crippen LogP contribution in [0.5, 0.6) is 11.5 Å². The van der Waals surface area contributed by atoms with Crippen LogP contribution in [0.25, 0.3) is 0 Å². The summed E-state index contributed by atoms with van der Waals surface area (Å²) in [6, 6.07) is 6.34. The smallest absolute Gasteiger partial charge is 0.264 e. The maximum atomic E-state index is 12.8. The molecule has 0 atom stereocenters. The number of carbonyl (C=O) groups excluding carboxylic acids is 1. The fourth-order valence-corrected chi connectivity index (χ4v) is 5.08. The van der Waals surface area contributed by atoms with Crippen LogP contribution in [0.1, 0.15) is 20.8 Å². The fraction of sp³-hybridized carbons (Fsp3) is 0.176. The van der Waals surface area contributed by atoms with E-state index in [-0.39, 0.29) is 64.1 Å². The number of hydrogen-bond donors (Lipinski definition) is 1. The van der Waals surface area contributed by atoms with Gasteiger partial charge in [0, 0.05) is 42.0 Å². The van der Waals surface area contributed by atoms with Gasteiger partial charge >= 0.3 is 0 Å². The van der Waals surface area contributed by atoms with Crippen molar-refractivity contribution in [2.45, 2.75) is 18.2 Å². The molecule has 11 heteroatoms. The van der Waals surface area contributed by atoms with Crippen molar-refractivity contribution in [3.63, 3.8) is 0 Å². The number of ether oxygens (including phenoxy) is 2. The number of rotatable bonds is 6. The molecule has 1 aromatic carbocycles. The van der Waals surface area contributed by atoms with Gasteiger partial charge in [0.25, 0.3) is 10.0 Å². The van der Waals surface area contributed by atoms with E-state index < -0.39 is 10.0 Å². The summed E-state index contributed by atoms with van der Waals surface area (Å²) in [5, 5.41) is 5.09. The van der Waals surface area contributed by atoms with E-state index in [0.717, 1.165) is 22.5 Å². The first-order valence-corrected chi connectivity index (χ1v) is 10.2. The summed E-state index contributed by atoms with van der Waals surface area (Å²) in [5.41, 5.74) is 1.62. The molecule has 1 N–H and O–H groups in total. The predicted molar refractivity (Wildman–Crippen MR) is 103 cm³/mol. The molecule has 1 aliphatic heterocycles. The first-order valence-electron chi connectivity index (χ1n) is 7.87. The minimum atomic E-state index is -3.96. The molecule has 141 valence electrons. The first-order chi connectivity index (χ1) is 12.9. The standard InChI is InChI=1S/C17H14N2O6S2.Na/c1-10-6-13-14(24-9-23-13)8-11(10)7-12(20)17-15(3-5-26-17)27(21,22)19-16-2-4-25-18-16;/h2-6,8H,7,9H2,1H3,(H,18,19);. The predicted octanol–water partition coefficient (Wildman–Crippen LogP) is 2.62. The maximum Gasteiger partial charge on any atom is 0.264 e. The van der Waals surface area contributed by atoms with Crippen LogP contribution in [0.4, 0.5) is 5.82 Å². The molecule has 1 aliphatic rings. The second-order valence-corrected chi connectivity index (χ2v) is 8.40. The van der Waals surface area contributed by atoms with Gasteiger partial charge in [-0.1, -0.05) is 5.16 Å². The summed E-state index contributed by atoms with van der Waals surface area (Å²) in [7, 11) is -3.96. The Bertz CT molecular complexity index is 1110. The van der Waals surface area contributed by atoms with E-state index in [9.17, 15) is 13.2 Å². The zero-order chi connectivity index (χ0) is 19.0. The van der Waals surface area contributed by atoms with Crippen molar-refractivity contribution in [3.05, 3.63) is 51.9 Å². The number of anilines is 1. The first kappa shape index (κ1) is 20.9. The Morgan fingerprint density at radius 2 is 2.00 bits per heavy atom. The van der Waals surface area contributed by atoms with Crippen molar-refractivity contribution in [3.8, 4) is 11.5 Å². The molecule has 4 rings (SSSR count). The Morgan fingerprint density at radius 3 is 2.71 bits per heavy atom. The molecule has 0 spiro atoms. The molecule has 3 aromatic rings. The Balaban J connectivity index is 0.00000225. The van der Waals surface area contributed by atoms with Gasteiger partial charge in [-0.15, -0.1) is 11.3 Å². The van der Waals surface area contributed by atoms with Crippen molar-refractivity contribution in [1.29, 1.82) is 0 Å². The van der Waals surface area contributed by atoms with E-state index in [1.807, 2.05) is 13.0 Å². The topological polar surface area (TPSA) is 108 Å². The van der Waals surface area contributed by atoms with Crippen molar-refractivity contribution in [2.24, 2.45) is 0 Å². The molecule has 3 heterocycles. The zero-order valence-electron chi connectivity index (χ0n) is 15.1. The van der Waals surface area contributed by atoms with Crippen LogP contribution in [-0.4, -0.2) is 55.7 Å². The van der Waals surface area contributed by atoms with Crippen molar-refractivity contribution in [2.75, 3.05) is 11.5 Å². The number of Topliss-reactive ketones (excluding diaryl/α,β-unsaturated/α-hetero) is 1. The Hall–Kier alpha value is -1.85. The number of fused-ring (bicyclic) bond motifs is 1. The van der Waals surface area contributed by atoms with Crippen LogP contribution in [0, 0.1) is 6.92 Å². The molecule has 0 fully saturated rings.